The molecule has 188 valence electrons. The summed E-state index contributed by atoms with van der Waals surface area (Å²) in [6, 6.07) is 17.3. The van der Waals surface area contributed by atoms with Crippen LogP contribution in [0.25, 0.3) is 0 Å². The molecule has 2 rings (SSSR count). The maximum Gasteiger partial charge on any atom is 0.269 e. The highest BCUT2D eigenvalue weighted by Gasteiger charge is 2.15. The fourth-order valence-electron chi connectivity index (χ4n) is 4.10. The van der Waals surface area contributed by atoms with Crippen molar-refractivity contribution in [1.82, 2.24) is 10.3 Å². The summed E-state index contributed by atoms with van der Waals surface area (Å²) in [6.45, 7) is 13.2. The van der Waals surface area contributed by atoms with Gasteiger partial charge in [0, 0.05) is 45.0 Å². The molecule has 0 aliphatic heterocycles. The topological polar surface area (TPSA) is 54.0 Å². The van der Waals surface area contributed by atoms with Crippen LogP contribution < -0.4 is 10.4 Å². The number of carbonyl (C=O) groups excluding carboxylic acids is 1. The molecule has 34 heavy (non-hydrogen) atoms. The molecule has 0 bridgehead atoms. The van der Waals surface area contributed by atoms with Crippen molar-refractivity contribution in [3.05, 3.63) is 65.7 Å². The molecule has 0 aliphatic rings. The lowest BCUT2D eigenvalue weighted by molar-refractivity contribution is -0.106. The number of hydrazine groups is 1. The summed E-state index contributed by atoms with van der Waals surface area (Å²) in [5, 5.41) is 1.96. The number of ether oxygens (including phenoxy) is 2. The van der Waals surface area contributed by atoms with Gasteiger partial charge in [0.1, 0.15) is 0 Å². The van der Waals surface area contributed by atoms with Crippen molar-refractivity contribution in [2.24, 2.45) is 11.8 Å². The van der Waals surface area contributed by atoms with Gasteiger partial charge in [0.05, 0.1) is 5.69 Å². The van der Waals surface area contributed by atoms with E-state index in [1.54, 1.807) is 26.4 Å². The Hall–Kier alpha value is -2.41. The molecule has 0 spiro atoms. The van der Waals surface area contributed by atoms with Gasteiger partial charge in [-0.25, -0.2) is 0 Å². The predicted molar refractivity (Wildman–Crippen MR) is 140 cm³/mol. The summed E-state index contributed by atoms with van der Waals surface area (Å²) in [5.41, 5.74) is 5.54. The Bertz CT molecular complexity index is 811. The second kappa shape index (κ2) is 14.8. The number of nitrogens with zero attached hydrogens (tertiary/aromatic N) is 2. The Morgan fingerprint density at radius 1 is 0.824 bits per heavy atom. The van der Waals surface area contributed by atoms with Crippen LogP contribution >= 0.6 is 0 Å². The molecule has 2 aromatic rings. The molecule has 0 aliphatic carbocycles. The van der Waals surface area contributed by atoms with Gasteiger partial charge in [-0.05, 0) is 55.5 Å². The van der Waals surface area contributed by atoms with Gasteiger partial charge in [0.2, 0.25) is 0 Å². The summed E-state index contributed by atoms with van der Waals surface area (Å²) in [4.78, 5) is 15.6. The van der Waals surface area contributed by atoms with Crippen LogP contribution in [-0.2, 0) is 9.47 Å². The lowest BCUT2D eigenvalue weighted by Gasteiger charge is -2.28. The summed E-state index contributed by atoms with van der Waals surface area (Å²) < 4.78 is 10.6. The molecule has 6 heteroatoms. The van der Waals surface area contributed by atoms with Gasteiger partial charge in [-0.3, -0.25) is 15.2 Å². The zero-order valence-corrected chi connectivity index (χ0v) is 21.8. The number of hydrogen-bond donors (Lipinski definition) is 1. The average molecular weight is 470 g/mol. The monoisotopic (exact) mass is 469 g/mol. The van der Waals surface area contributed by atoms with E-state index in [0.29, 0.717) is 17.4 Å². The first-order valence-electron chi connectivity index (χ1n) is 12.4. The number of para-hydroxylation sites is 1. The third-order valence-electron chi connectivity index (χ3n) is 5.53. The van der Waals surface area contributed by atoms with Crippen LogP contribution in [0.3, 0.4) is 0 Å². The molecule has 1 amide bonds. The fraction of sp³-hybridized carbons (Fsp3) is 0.536. The third kappa shape index (κ3) is 9.45. The minimum atomic E-state index is -0.441. The first kappa shape index (κ1) is 27.8. The standard InChI is InChI=1S/C28H43N3O3/c1-22(2)20-30(21-23(3)4)18-10-11-19-31(26-12-8-7-9-13-26)29-27(32)24-14-16-25(17-15-24)28(33-5)34-6/h7-9,12-17,22-23,28H,10-11,18-21H2,1-6H3,(H,29,32). The van der Waals surface area contributed by atoms with Crippen LogP contribution in [-0.4, -0.2) is 51.2 Å². The molecule has 0 saturated heterocycles. The first-order valence-corrected chi connectivity index (χ1v) is 12.4. The SMILES string of the molecule is COC(OC)c1ccc(C(=O)NN(CCCCN(CC(C)C)CC(C)C)c2ccccc2)cc1. The number of benzene rings is 2. The molecule has 0 atom stereocenters. The maximum absolute atomic E-state index is 13.0. The number of unbranched alkanes of at least 4 members (excludes halogenated alkanes) is 1. The van der Waals surface area contributed by atoms with Crippen molar-refractivity contribution >= 4 is 11.6 Å². The van der Waals surface area contributed by atoms with Crippen LogP contribution in [0.1, 0.15) is 62.7 Å². The minimum absolute atomic E-state index is 0.136. The quantitative estimate of drug-likeness (QED) is 0.211. The molecular formula is C28H43N3O3. The normalized spacial score (nSPS) is 11.6. The molecule has 0 aromatic heterocycles. The van der Waals surface area contributed by atoms with E-state index in [9.17, 15) is 4.79 Å². The summed E-state index contributed by atoms with van der Waals surface area (Å²) in [5.74, 6) is 1.18. The number of nitrogens with one attached hydrogen (secondary N) is 1. The second-order valence-electron chi connectivity index (χ2n) is 9.61. The number of amides is 1. The molecule has 2 aromatic carbocycles. The molecule has 0 radical (unpaired) electrons. The van der Waals surface area contributed by atoms with Crippen LogP contribution in [0.15, 0.2) is 54.6 Å². The minimum Gasteiger partial charge on any atom is -0.352 e. The number of rotatable bonds is 15. The first-order chi connectivity index (χ1) is 16.3. The van der Waals surface area contributed by atoms with Crippen LogP contribution in [0.2, 0.25) is 0 Å². The summed E-state index contributed by atoms with van der Waals surface area (Å²) >= 11 is 0. The van der Waals surface area contributed by atoms with E-state index in [-0.39, 0.29) is 5.91 Å². The van der Waals surface area contributed by atoms with Gasteiger partial charge in [0.25, 0.3) is 5.91 Å². The van der Waals surface area contributed by atoms with Gasteiger partial charge in [-0.15, -0.1) is 0 Å². The van der Waals surface area contributed by atoms with E-state index in [4.69, 9.17) is 9.47 Å². The molecular weight excluding hydrogens is 426 g/mol. The summed E-state index contributed by atoms with van der Waals surface area (Å²) in [7, 11) is 3.19. The van der Waals surface area contributed by atoms with Gasteiger partial charge < -0.3 is 14.4 Å². The highest BCUT2D eigenvalue weighted by atomic mass is 16.7. The Morgan fingerprint density at radius 3 is 1.91 bits per heavy atom. The van der Waals surface area contributed by atoms with Crippen LogP contribution in [0.4, 0.5) is 5.69 Å². The van der Waals surface area contributed by atoms with Crippen molar-refractivity contribution < 1.29 is 14.3 Å². The van der Waals surface area contributed by atoms with E-state index >= 15 is 0 Å². The number of hydrogen-bond acceptors (Lipinski definition) is 5. The smallest absolute Gasteiger partial charge is 0.269 e. The molecule has 0 heterocycles. The zero-order chi connectivity index (χ0) is 24.9. The average Bonchev–Trinajstić information content (AvgIpc) is 2.82. The lowest BCUT2D eigenvalue weighted by Crippen LogP contribution is -2.43. The largest absolute Gasteiger partial charge is 0.352 e. The van der Waals surface area contributed by atoms with Gasteiger partial charge in [0.15, 0.2) is 6.29 Å². The van der Waals surface area contributed by atoms with Gasteiger partial charge in [-0.1, -0.05) is 58.0 Å². The van der Waals surface area contributed by atoms with E-state index in [1.165, 1.54) is 0 Å². The highest BCUT2D eigenvalue weighted by molar-refractivity contribution is 5.95. The Balaban J connectivity index is 2.00. The molecule has 6 nitrogen and oxygen atoms in total. The van der Waals surface area contributed by atoms with Gasteiger partial charge in [-0.2, -0.15) is 0 Å². The Labute approximate surface area is 206 Å². The van der Waals surface area contributed by atoms with Crippen LogP contribution in [0.5, 0.6) is 0 Å². The molecule has 0 unspecified atom stereocenters. The van der Waals surface area contributed by atoms with Gasteiger partial charge >= 0.3 is 0 Å². The lowest BCUT2D eigenvalue weighted by atomic mass is 10.1. The Kier molecular flexibility index (Phi) is 12.1. The zero-order valence-electron chi connectivity index (χ0n) is 21.8. The van der Waals surface area contributed by atoms with Crippen molar-refractivity contribution in [3.63, 3.8) is 0 Å². The number of carbonyl (C=O) groups is 1. The highest BCUT2D eigenvalue weighted by Crippen LogP contribution is 2.18. The Morgan fingerprint density at radius 2 is 1.38 bits per heavy atom. The van der Waals surface area contributed by atoms with E-state index in [2.05, 4.69) is 38.0 Å². The maximum atomic E-state index is 13.0. The van der Waals surface area contributed by atoms with E-state index in [1.807, 2.05) is 47.5 Å². The van der Waals surface area contributed by atoms with Crippen molar-refractivity contribution in [2.45, 2.75) is 46.8 Å². The number of anilines is 1. The van der Waals surface area contributed by atoms with E-state index in [0.717, 1.165) is 50.3 Å². The molecule has 0 fully saturated rings. The third-order valence-corrected chi connectivity index (χ3v) is 5.53. The summed E-state index contributed by atoms with van der Waals surface area (Å²) in [6.07, 6.45) is 1.64. The predicted octanol–water partition coefficient (Wildman–Crippen LogP) is 5.52. The van der Waals surface area contributed by atoms with Crippen molar-refractivity contribution in [1.29, 1.82) is 0 Å². The fourth-order valence-corrected chi connectivity index (χ4v) is 4.10. The van der Waals surface area contributed by atoms with Crippen molar-refractivity contribution in [2.75, 3.05) is 45.4 Å². The number of methoxy groups -OCH3 is 2. The second-order valence-corrected chi connectivity index (χ2v) is 9.61. The molecule has 0 saturated carbocycles. The van der Waals surface area contributed by atoms with E-state index < -0.39 is 6.29 Å². The molecule has 1 N–H and O–H groups in total. The van der Waals surface area contributed by atoms with Crippen molar-refractivity contribution in [3.8, 4) is 0 Å². The van der Waals surface area contributed by atoms with Crippen LogP contribution in [0, 0.1) is 11.8 Å².